The van der Waals surface area contributed by atoms with Gasteiger partial charge in [-0.05, 0) is 35.4 Å². The average Bonchev–Trinajstić information content (AvgIpc) is 2.56. The van der Waals surface area contributed by atoms with Crippen LogP contribution in [0.2, 0.25) is 0 Å². The second-order valence-corrected chi connectivity index (χ2v) is 6.65. The topological polar surface area (TPSA) is 92.5 Å². The maximum absolute atomic E-state index is 14.2. The molecule has 0 atom stereocenters. The molecule has 0 aromatic heterocycles. The fourth-order valence-corrected chi connectivity index (χ4v) is 3.22. The van der Waals surface area contributed by atoms with Gasteiger partial charge in [0.25, 0.3) is 0 Å². The predicted octanol–water partition coefficient (Wildman–Crippen LogP) is 5.71. The first-order valence-electron chi connectivity index (χ1n) is 8.10. The van der Waals surface area contributed by atoms with Crippen LogP contribution in [0.3, 0.4) is 0 Å². The number of aromatic hydroxyl groups is 2. The molecule has 0 spiro atoms. The Balaban J connectivity index is 3.35. The Morgan fingerprint density at radius 1 is 0.485 bits per heavy atom. The quantitative estimate of drug-likeness (QED) is 0.241. The van der Waals surface area contributed by atoms with Crippen molar-refractivity contribution in [2.24, 2.45) is 0 Å². The number of phenols is 2. The number of hydrogen-bond acceptors (Lipinski definition) is 4. The van der Waals surface area contributed by atoms with Crippen LogP contribution in [0.15, 0.2) is 24.3 Å². The standard InChI is InChI=1S/C17H10F12N2O2/c18-14(19,20)7-2-10(31)11(32)3-6(7)13(16(24,25)26,17(27,28)29)5-1-9(30)12(33)4-8(5)15(21,22)23/h1-4,32-33H,30-31H2. The fourth-order valence-electron chi connectivity index (χ4n) is 3.22. The third-order valence-electron chi connectivity index (χ3n) is 4.60. The Hall–Kier alpha value is -3.20. The number of nitrogens with two attached hydrogens (primary N) is 2. The first-order valence-corrected chi connectivity index (χ1v) is 8.10. The molecule has 2 aromatic rings. The molecule has 0 aliphatic heterocycles. The monoisotopic (exact) mass is 502 g/mol. The van der Waals surface area contributed by atoms with Crippen molar-refractivity contribution in [1.82, 2.24) is 0 Å². The Morgan fingerprint density at radius 2 is 0.758 bits per heavy atom. The molecule has 2 rings (SSSR count). The lowest BCUT2D eigenvalue weighted by molar-refractivity contribution is -0.290. The van der Waals surface area contributed by atoms with Crippen molar-refractivity contribution < 1.29 is 62.9 Å². The van der Waals surface area contributed by atoms with Crippen LogP contribution < -0.4 is 11.5 Å². The predicted molar refractivity (Wildman–Crippen MR) is 87.9 cm³/mol. The summed E-state index contributed by atoms with van der Waals surface area (Å²) in [6, 6.07) is -2.30. The van der Waals surface area contributed by atoms with Gasteiger partial charge in [0.2, 0.25) is 5.41 Å². The third-order valence-corrected chi connectivity index (χ3v) is 4.60. The number of halogens is 12. The molecule has 0 aliphatic carbocycles. The number of phenolic OH excluding ortho intramolecular Hbond substituents is 2. The van der Waals surface area contributed by atoms with E-state index in [1.54, 1.807) is 0 Å². The molecule has 16 heteroatoms. The van der Waals surface area contributed by atoms with Gasteiger partial charge in [0, 0.05) is 0 Å². The van der Waals surface area contributed by atoms with Crippen molar-refractivity contribution in [3.63, 3.8) is 0 Å². The summed E-state index contributed by atoms with van der Waals surface area (Å²) < 4.78 is 166. The largest absolute Gasteiger partial charge is 0.506 e. The van der Waals surface area contributed by atoms with Crippen LogP contribution in [-0.2, 0) is 17.8 Å². The maximum atomic E-state index is 14.2. The number of anilines is 2. The van der Waals surface area contributed by atoms with Gasteiger partial charge in [-0.1, -0.05) is 0 Å². The van der Waals surface area contributed by atoms with E-state index in [0.29, 0.717) is 0 Å². The van der Waals surface area contributed by atoms with E-state index in [1.165, 1.54) is 0 Å². The van der Waals surface area contributed by atoms with Gasteiger partial charge >= 0.3 is 24.7 Å². The summed E-state index contributed by atoms with van der Waals surface area (Å²) in [5, 5.41) is 18.9. The van der Waals surface area contributed by atoms with E-state index >= 15 is 0 Å². The van der Waals surface area contributed by atoms with Crippen LogP contribution in [0.5, 0.6) is 11.5 Å². The van der Waals surface area contributed by atoms with E-state index in [0.717, 1.165) is 0 Å². The van der Waals surface area contributed by atoms with Crippen LogP contribution in [-0.4, -0.2) is 22.6 Å². The smallest absolute Gasteiger partial charge is 0.416 e. The van der Waals surface area contributed by atoms with Gasteiger partial charge in [-0.3, -0.25) is 0 Å². The average molecular weight is 502 g/mol. The molecule has 0 saturated carbocycles. The number of benzene rings is 2. The Bertz CT molecular complexity index is 983. The highest BCUT2D eigenvalue weighted by molar-refractivity contribution is 5.65. The summed E-state index contributed by atoms with van der Waals surface area (Å²) in [6.07, 6.45) is -25.9. The number of rotatable bonds is 2. The van der Waals surface area contributed by atoms with E-state index in [2.05, 4.69) is 0 Å². The van der Waals surface area contributed by atoms with Crippen LogP contribution in [0.25, 0.3) is 0 Å². The van der Waals surface area contributed by atoms with Crippen molar-refractivity contribution in [1.29, 1.82) is 0 Å². The number of nitrogen functional groups attached to an aromatic ring is 2. The second kappa shape index (κ2) is 7.41. The summed E-state index contributed by atoms with van der Waals surface area (Å²) >= 11 is 0. The van der Waals surface area contributed by atoms with Gasteiger partial charge in [-0.15, -0.1) is 0 Å². The van der Waals surface area contributed by atoms with E-state index in [9.17, 15) is 62.9 Å². The van der Waals surface area contributed by atoms with E-state index < -0.39 is 99.5 Å². The zero-order chi connectivity index (χ0) is 25.9. The minimum atomic E-state index is -6.92. The molecule has 0 unspecified atom stereocenters. The zero-order valence-corrected chi connectivity index (χ0v) is 15.4. The first kappa shape index (κ1) is 26.1. The van der Waals surface area contributed by atoms with Gasteiger partial charge in [0.05, 0.1) is 22.5 Å². The van der Waals surface area contributed by atoms with Gasteiger partial charge in [0.15, 0.2) is 0 Å². The molecule has 4 nitrogen and oxygen atoms in total. The molecule has 2 aromatic carbocycles. The molecule has 6 N–H and O–H groups in total. The SMILES string of the molecule is Nc1cc(C(c2cc(O)c(N)cc2C(F)(F)F)(C(F)(F)F)C(F)(F)F)c(C(F)(F)F)cc1O. The Labute approximate surface area is 175 Å². The zero-order valence-electron chi connectivity index (χ0n) is 15.4. The highest BCUT2D eigenvalue weighted by Gasteiger charge is 2.75. The van der Waals surface area contributed by atoms with Crippen LogP contribution in [0.4, 0.5) is 64.1 Å². The summed E-state index contributed by atoms with van der Waals surface area (Å²) in [5.74, 6) is -3.28. The Morgan fingerprint density at radius 3 is 1.09 bits per heavy atom. The van der Waals surface area contributed by atoms with Crippen molar-refractivity contribution in [3.05, 3.63) is 46.5 Å². The van der Waals surface area contributed by atoms with Gasteiger partial charge < -0.3 is 21.7 Å². The van der Waals surface area contributed by atoms with Crippen LogP contribution >= 0.6 is 0 Å². The molecule has 0 aliphatic rings. The summed E-state index contributed by atoms with van der Waals surface area (Å²) in [6.45, 7) is 0. The maximum Gasteiger partial charge on any atom is 0.416 e. The Kier molecular flexibility index (Phi) is 5.85. The second-order valence-electron chi connectivity index (χ2n) is 6.65. The summed E-state index contributed by atoms with van der Waals surface area (Å²) in [5.41, 5.74) is -9.87. The minimum Gasteiger partial charge on any atom is -0.506 e. The lowest BCUT2D eigenvalue weighted by Crippen LogP contribution is -2.56. The molecule has 33 heavy (non-hydrogen) atoms. The van der Waals surface area contributed by atoms with Crippen LogP contribution in [0.1, 0.15) is 22.3 Å². The molecule has 0 amide bonds. The van der Waals surface area contributed by atoms with Crippen molar-refractivity contribution in [3.8, 4) is 11.5 Å². The lowest BCUT2D eigenvalue weighted by Gasteiger charge is -2.41. The molecule has 0 saturated heterocycles. The molecule has 0 heterocycles. The van der Waals surface area contributed by atoms with E-state index in [-0.39, 0.29) is 0 Å². The lowest BCUT2D eigenvalue weighted by atomic mass is 9.69. The molecular weight excluding hydrogens is 492 g/mol. The summed E-state index contributed by atoms with van der Waals surface area (Å²) in [7, 11) is 0. The van der Waals surface area contributed by atoms with Gasteiger partial charge in [0.1, 0.15) is 11.5 Å². The minimum absolute atomic E-state index is 0.478. The van der Waals surface area contributed by atoms with Gasteiger partial charge in [-0.2, -0.15) is 52.7 Å². The molecular formula is C17H10F12N2O2. The normalized spacial score (nSPS) is 13.9. The highest BCUT2D eigenvalue weighted by atomic mass is 19.4. The molecule has 0 radical (unpaired) electrons. The third kappa shape index (κ3) is 4.13. The first-order chi connectivity index (χ1) is 14.6. The fraction of sp³-hybridized carbons (Fsp3) is 0.294. The molecule has 184 valence electrons. The van der Waals surface area contributed by atoms with E-state index in [1.807, 2.05) is 0 Å². The van der Waals surface area contributed by atoms with Crippen LogP contribution in [0, 0.1) is 0 Å². The summed E-state index contributed by atoms with van der Waals surface area (Å²) in [4.78, 5) is 0. The number of alkyl halides is 12. The number of hydrogen-bond donors (Lipinski definition) is 4. The molecule has 0 bridgehead atoms. The van der Waals surface area contributed by atoms with Crippen molar-refractivity contribution in [2.45, 2.75) is 30.1 Å². The van der Waals surface area contributed by atoms with Crippen molar-refractivity contribution in [2.75, 3.05) is 11.5 Å². The van der Waals surface area contributed by atoms with Gasteiger partial charge in [-0.25, -0.2) is 0 Å². The van der Waals surface area contributed by atoms with E-state index in [4.69, 9.17) is 11.5 Å². The molecule has 0 fully saturated rings. The van der Waals surface area contributed by atoms with Crippen molar-refractivity contribution >= 4 is 11.4 Å². The highest BCUT2D eigenvalue weighted by Crippen LogP contribution is 2.61.